The van der Waals surface area contributed by atoms with Crippen LogP contribution in [0.3, 0.4) is 0 Å². The second kappa shape index (κ2) is 3.85. The fraction of sp³-hybridized carbons (Fsp3) is 0.333. The van der Waals surface area contributed by atoms with Crippen molar-refractivity contribution in [2.45, 2.75) is 26.1 Å². The summed E-state index contributed by atoms with van der Waals surface area (Å²) in [5.74, 6) is 0. The highest BCUT2D eigenvalue weighted by Gasteiger charge is 2.30. The molecule has 0 amide bonds. The van der Waals surface area contributed by atoms with Gasteiger partial charge in [-0.15, -0.1) is 0 Å². The van der Waals surface area contributed by atoms with E-state index in [0.717, 1.165) is 24.5 Å². The Kier molecular flexibility index (Phi) is 2.66. The summed E-state index contributed by atoms with van der Waals surface area (Å²) in [6.45, 7) is 2.87. The first-order chi connectivity index (χ1) is 7.52. The van der Waals surface area contributed by atoms with Gasteiger partial charge in [0.1, 0.15) is 0 Å². The molecule has 1 aromatic heterocycles. The van der Waals surface area contributed by atoms with Crippen LogP contribution in [0.4, 0.5) is 13.2 Å². The van der Waals surface area contributed by atoms with E-state index in [1.54, 1.807) is 6.07 Å². The molecule has 0 unspecified atom stereocenters. The molecule has 0 aliphatic carbocycles. The molecule has 0 fully saturated rings. The second-order valence-corrected chi connectivity index (χ2v) is 3.78. The zero-order valence-corrected chi connectivity index (χ0v) is 8.88. The topological polar surface area (TPSA) is 4.93 Å². The monoisotopic (exact) mass is 227 g/mol. The zero-order chi connectivity index (χ0) is 11.8. The molecule has 2 rings (SSSR count). The van der Waals surface area contributed by atoms with Gasteiger partial charge in [-0.2, -0.15) is 13.2 Å². The Morgan fingerprint density at radius 2 is 1.94 bits per heavy atom. The fourth-order valence-corrected chi connectivity index (χ4v) is 1.81. The van der Waals surface area contributed by atoms with E-state index in [4.69, 9.17) is 0 Å². The minimum absolute atomic E-state index is 0.589. The highest BCUT2D eigenvalue weighted by atomic mass is 19.4. The standard InChI is InChI=1S/C12H12F3N/c1-2-6-16-7-5-9-8-10(12(13,14)15)3-4-11(9)16/h3-5,7-8H,2,6H2,1H3. The van der Waals surface area contributed by atoms with E-state index in [2.05, 4.69) is 0 Å². The Morgan fingerprint density at radius 1 is 1.19 bits per heavy atom. The third-order valence-electron chi connectivity index (χ3n) is 2.56. The smallest absolute Gasteiger partial charge is 0.347 e. The summed E-state index contributed by atoms with van der Waals surface area (Å²) in [5.41, 5.74) is 0.268. The molecule has 0 saturated heterocycles. The van der Waals surface area contributed by atoms with Gasteiger partial charge in [0.05, 0.1) is 5.56 Å². The molecule has 1 aromatic carbocycles. The summed E-state index contributed by atoms with van der Waals surface area (Å²) in [7, 11) is 0. The van der Waals surface area contributed by atoms with E-state index in [-0.39, 0.29) is 0 Å². The Bertz CT molecular complexity index is 496. The summed E-state index contributed by atoms with van der Waals surface area (Å²) in [4.78, 5) is 0. The van der Waals surface area contributed by atoms with Crippen molar-refractivity contribution in [1.82, 2.24) is 4.57 Å². The zero-order valence-electron chi connectivity index (χ0n) is 8.88. The summed E-state index contributed by atoms with van der Waals surface area (Å²) in [6, 6.07) is 5.59. The number of benzene rings is 1. The van der Waals surface area contributed by atoms with Crippen LogP contribution < -0.4 is 0 Å². The van der Waals surface area contributed by atoms with Gasteiger partial charge in [0.15, 0.2) is 0 Å². The molecule has 1 heterocycles. The third-order valence-corrected chi connectivity index (χ3v) is 2.56. The molecular weight excluding hydrogens is 215 g/mol. The summed E-state index contributed by atoms with van der Waals surface area (Å²) in [6.07, 6.45) is -1.47. The normalized spacial score (nSPS) is 12.2. The first-order valence-electron chi connectivity index (χ1n) is 5.18. The molecule has 0 radical (unpaired) electrons. The van der Waals surface area contributed by atoms with Crippen molar-refractivity contribution in [3.05, 3.63) is 36.0 Å². The van der Waals surface area contributed by atoms with Crippen LogP contribution in [-0.4, -0.2) is 4.57 Å². The minimum atomic E-state index is -4.26. The largest absolute Gasteiger partial charge is 0.416 e. The summed E-state index contributed by atoms with van der Waals surface area (Å²) < 4.78 is 39.4. The van der Waals surface area contributed by atoms with Crippen LogP contribution in [0.15, 0.2) is 30.5 Å². The van der Waals surface area contributed by atoms with Gasteiger partial charge in [-0.3, -0.25) is 0 Å². The lowest BCUT2D eigenvalue weighted by Gasteiger charge is -2.07. The Balaban J connectivity index is 2.49. The van der Waals surface area contributed by atoms with Gasteiger partial charge in [-0.05, 0) is 30.7 Å². The van der Waals surface area contributed by atoms with E-state index >= 15 is 0 Å². The average molecular weight is 227 g/mol. The highest BCUT2D eigenvalue weighted by Crippen LogP contribution is 2.31. The van der Waals surface area contributed by atoms with Crippen molar-refractivity contribution in [3.8, 4) is 0 Å². The minimum Gasteiger partial charge on any atom is -0.347 e. The van der Waals surface area contributed by atoms with Crippen molar-refractivity contribution >= 4 is 10.9 Å². The number of rotatable bonds is 2. The number of aromatic nitrogens is 1. The molecule has 0 saturated carbocycles. The number of fused-ring (bicyclic) bond motifs is 1. The van der Waals surface area contributed by atoms with Crippen LogP contribution in [0.1, 0.15) is 18.9 Å². The highest BCUT2D eigenvalue weighted by molar-refractivity contribution is 5.81. The van der Waals surface area contributed by atoms with E-state index in [9.17, 15) is 13.2 Å². The van der Waals surface area contributed by atoms with Crippen LogP contribution in [0.2, 0.25) is 0 Å². The van der Waals surface area contributed by atoms with E-state index in [0.29, 0.717) is 5.39 Å². The molecule has 0 aliphatic heterocycles. The molecule has 2 aromatic rings. The second-order valence-electron chi connectivity index (χ2n) is 3.78. The predicted molar refractivity (Wildman–Crippen MR) is 57.2 cm³/mol. The van der Waals surface area contributed by atoms with Gasteiger partial charge in [0, 0.05) is 23.6 Å². The van der Waals surface area contributed by atoms with Crippen molar-refractivity contribution in [1.29, 1.82) is 0 Å². The molecule has 0 N–H and O–H groups in total. The molecule has 0 atom stereocenters. The maximum Gasteiger partial charge on any atom is 0.416 e. The van der Waals surface area contributed by atoms with Crippen LogP contribution in [0.5, 0.6) is 0 Å². The molecule has 86 valence electrons. The number of aryl methyl sites for hydroxylation is 1. The molecule has 0 spiro atoms. The van der Waals surface area contributed by atoms with Crippen molar-refractivity contribution in [3.63, 3.8) is 0 Å². The van der Waals surface area contributed by atoms with Gasteiger partial charge < -0.3 is 4.57 Å². The summed E-state index contributed by atoms with van der Waals surface area (Å²) in [5, 5.41) is 0.642. The van der Waals surface area contributed by atoms with Crippen molar-refractivity contribution in [2.24, 2.45) is 0 Å². The predicted octanol–water partition coefficient (Wildman–Crippen LogP) is 4.07. The lowest BCUT2D eigenvalue weighted by molar-refractivity contribution is -0.137. The van der Waals surface area contributed by atoms with Gasteiger partial charge in [-0.1, -0.05) is 6.92 Å². The molecular formula is C12H12F3N. The van der Waals surface area contributed by atoms with E-state index < -0.39 is 11.7 Å². The fourth-order valence-electron chi connectivity index (χ4n) is 1.81. The number of alkyl halides is 3. The third kappa shape index (κ3) is 1.92. The average Bonchev–Trinajstić information content (AvgIpc) is 2.60. The van der Waals surface area contributed by atoms with E-state index in [1.165, 1.54) is 12.1 Å². The van der Waals surface area contributed by atoms with Crippen molar-refractivity contribution < 1.29 is 13.2 Å². The van der Waals surface area contributed by atoms with Crippen LogP contribution in [0, 0.1) is 0 Å². The number of halogens is 3. The number of hydrogen-bond donors (Lipinski definition) is 0. The van der Waals surface area contributed by atoms with Crippen LogP contribution >= 0.6 is 0 Å². The Hall–Kier alpha value is -1.45. The molecule has 4 heteroatoms. The number of hydrogen-bond acceptors (Lipinski definition) is 0. The Labute approximate surface area is 91.5 Å². The first kappa shape index (κ1) is 11.0. The van der Waals surface area contributed by atoms with Gasteiger partial charge in [0.25, 0.3) is 0 Å². The van der Waals surface area contributed by atoms with E-state index in [1.807, 2.05) is 17.7 Å². The van der Waals surface area contributed by atoms with Crippen LogP contribution in [-0.2, 0) is 12.7 Å². The first-order valence-corrected chi connectivity index (χ1v) is 5.18. The summed E-state index contributed by atoms with van der Waals surface area (Å²) >= 11 is 0. The van der Waals surface area contributed by atoms with Gasteiger partial charge in [-0.25, -0.2) is 0 Å². The molecule has 1 nitrogen and oxygen atoms in total. The van der Waals surface area contributed by atoms with Gasteiger partial charge in [0.2, 0.25) is 0 Å². The Morgan fingerprint density at radius 3 is 2.56 bits per heavy atom. The van der Waals surface area contributed by atoms with Crippen molar-refractivity contribution in [2.75, 3.05) is 0 Å². The molecule has 0 bridgehead atoms. The SMILES string of the molecule is CCCn1ccc2cc(C(F)(F)F)ccc21. The van der Waals surface area contributed by atoms with Gasteiger partial charge >= 0.3 is 6.18 Å². The number of nitrogens with zero attached hydrogens (tertiary/aromatic N) is 1. The molecule has 0 aliphatic rings. The lowest BCUT2D eigenvalue weighted by Crippen LogP contribution is -2.04. The maximum atomic E-state index is 12.5. The lowest BCUT2D eigenvalue weighted by atomic mass is 10.1. The quantitative estimate of drug-likeness (QED) is 0.728. The van der Waals surface area contributed by atoms with Crippen LogP contribution in [0.25, 0.3) is 10.9 Å². The maximum absolute atomic E-state index is 12.5. The molecule has 16 heavy (non-hydrogen) atoms.